The molecule has 0 unspecified atom stereocenters. The monoisotopic (exact) mass is 260 g/mol. The number of nitrogen functional groups attached to an aromatic ring is 1. The Morgan fingerprint density at radius 3 is 2.63 bits per heavy atom. The van der Waals surface area contributed by atoms with E-state index in [0.717, 1.165) is 5.56 Å². The van der Waals surface area contributed by atoms with Gasteiger partial charge in [0.05, 0.1) is 0 Å². The van der Waals surface area contributed by atoms with Crippen LogP contribution in [-0.2, 0) is 6.42 Å². The van der Waals surface area contributed by atoms with E-state index < -0.39 is 0 Å². The molecule has 0 fully saturated rings. The van der Waals surface area contributed by atoms with E-state index in [0.29, 0.717) is 35.1 Å². The van der Waals surface area contributed by atoms with E-state index in [-0.39, 0.29) is 5.82 Å². The molecule has 3 N–H and O–H groups in total. The fraction of sp³-hybridized carbons (Fsp3) is 0.286. The van der Waals surface area contributed by atoms with Gasteiger partial charge in [-0.05, 0) is 31.5 Å². The number of hydrogen-bond donors (Lipinski definition) is 2. The molecular formula is C14H17FN4. The molecule has 0 amide bonds. The van der Waals surface area contributed by atoms with E-state index >= 15 is 0 Å². The molecule has 1 heterocycles. The number of anilines is 3. The Kier molecular flexibility index (Phi) is 3.64. The van der Waals surface area contributed by atoms with E-state index in [4.69, 9.17) is 5.73 Å². The molecule has 0 atom stereocenters. The van der Waals surface area contributed by atoms with Gasteiger partial charge < -0.3 is 11.1 Å². The lowest BCUT2D eigenvalue weighted by molar-refractivity contribution is 0.619. The number of halogens is 1. The fourth-order valence-corrected chi connectivity index (χ4v) is 1.67. The van der Waals surface area contributed by atoms with Gasteiger partial charge in [0, 0.05) is 17.7 Å². The molecule has 1 aromatic heterocycles. The summed E-state index contributed by atoms with van der Waals surface area (Å²) < 4.78 is 13.5. The van der Waals surface area contributed by atoms with Gasteiger partial charge in [0.25, 0.3) is 0 Å². The highest BCUT2D eigenvalue weighted by molar-refractivity contribution is 5.63. The zero-order valence-electron chi connectivity index (χ0n) is 11.3. The van der Waals surface area contributed by atoms with Crippen LogP contribution < -0.4 is 11.1 Å². The van der Waals surface area contributed by atoms with Crippen molar-refractivity contribution in [2.24, 2.45) is 0 Å². The first-order chi connectivity index (χ1) is 9.01. The van der Waals surface area contributed by atoms with Gasteiger partial charge in [-0.3, -0.25) is 0 Å². The molecule has 19 heavy (non-hydrogen) atoms. The quantitative estimate of drug-likeness (QED) is 0.890. The minimum atomic E-state index is -0.250. The van der Waals surface area contributed by atoms with Gasteiger partial charge in [-0.25, -0.2) is 14.4 Å². The molecular weight excluding hydrogens is 243 g/mol. The van der Waals surface area contributed by atoms with E-state index in [2.05, 4.69) is 15.3 Å². The van der Waals surface area contributed by atoms with E-state index in [9.17, 15) is 4.39 Å². The Balaban J connectivity index is 2.37. The lowest BCUT2D eigenvalue weighted by Crippen LogP contribution is -2.06. The van der Waals surface area contributed by atoms with Crippen molar-refractivity contribution in [2.45, 2.75) is 27.2 Å². The van der Waals surface area contributed by atoms with Gasteiger partial charge in [0.15, 0.2) is 0 Å². The Labute approximate surface area is 111 Å². The number of nitrogens with one attached hydrogen (secondary N) is 1. The van der Waals surface area contributed by atoms with Crippen molar-refractivity contribution in [3.63, 3.8) is 0 Å². The summed E-state index contributed by atoms with van der Waals surface area (Å²) in [6, 6.07) is 4.97. The molecule has 0 aliphatic heterocycles. The van der Waals surface area contributed by atoms with Gasteiger partial charge in [-0.15, -0.1) is 0 Å². The third kappa shape index (κ3) is 2.81. The topological polar surface area (TPSA) is 63.8 Å². The van der Waals surface area contributed by atoms with E-state index in [1.54, 1.807) is 13.0 Å². The third-order valence-corrected chi connectivity index (χ3v) is 2.98. The van der Waals surface area contributed by atoms with Crippen molar-refractivity contribution in [3.05, 3.63) is 41.0 Å². The highest BCUT2D eigenvalue weighted by Gasteiger charge is 2.09. The molecule has 0 aliphatic rings. The van der Waals surface area contributed by atoms with Crippen LogP contribution in [0.4, 0.5) is 21.7 Å². The van der Waals surface area contributed by atoms with Crippen LogP contribution >= 0.6 is 0 Å². The molecule has 0 saturated carbocycles. The second-order valence-corrected chi connectivity index (χ2v) is 4.44. The molecule has 2 rings (SSSR count). The van der Waals surface area contributed by atoms with Crippen molar-refractivity contribution in [1.29, 1.82) is 0 Å². The molecule has 0 radical (unpaired) electrons. The number of aryl methyl sites for hydroxylation is 2. The van der Waals surface area contributed by atoms with Crippen molar-refractivity contribution >= 4 is 17.3 Å². The van der Waals surface area contributed by atoms with Gasteiger partial charge in [-0.1, -0.05) is 13.0 Å². The summed E-state index contributed by atoms with van der Waals surface area (Å²) in [4.78, 5) is 8.55. The largest absolute Gasteiger partial charge is 0.383 e. The van der Waals surface area contributed by atoms with Gasteiger partial charge in [-0.2, -0.15) is 0 Å². The van der Waals surface area contributed by atoms with Crippen LogP contribution in [-0.4, -0.2) is 9.97 Å². The number of aromatic nitrogens is 2. The summed E-state index contributed by atoms with van der Waals surface area (Å²) >= 11 is 0. The van der Waals surface area contributed by atoms with Gasteiger partial charge in [0.1, 0.15) is 23.3 Å². The predicted octanol–water partition coefficient (Wildman–Crippen LogP) is 3.12. The lowest BCUT2D eigenvalue weighted by atomic mass is 10.2. The highest BCUT2D eigenvalue weighted by Crippen LogP contribution is 2.23. The van der Waals surface area contributed by atoms with Crippen LogP contribution in [0.3, 0.4) is 0 Å². The second kappa shape index (κ2) is 5.22. The minimum absolute atomic E-state index is 0.250. The van der Waals surface area contributed by atoms with Gasteiger partial charge in [0.2, 0.25) is 0 Å². The van der Waals surface area contributed by atoms with Crippen molar-refractivity contribution in [1.82, 2.24) is 9.97 Å². The fourth-order valence-electron chi connectivity index (χ4n) is 1.67. The predicted molar refractivity (Wildman–Crippen MR) is 75.0 cm³/mol. The maximum atomic E-state index is 13.5. The first kappa shape index (κ1) is 13.3. The number of nitrogens with two attached hydrogens (primary N) is 1. The van der Waals surface area contributed by atoms with Crippen molar-refractivity contribution in [3.8, 4) is 0 Å². The minimum Gasteiger partial charge on any atom is -0.383 e. The molecule has 0 saturated heterocycles. The summed E-state index contributed by atoms with van der Waals surface area (Å²) in [5.74, 6) is 1.48. The first-order valence-electron chi connectivity index (χ1n) is 6.17. The number of hydrogen-bond acceptors (Lipinski definition) is 4. The molecule has 2 aromatic rings. The van der Waals surface area contributed by atoms with Crippen molar-refractivity contribution in [2.75, 3.05) is 11.1 Å². The summed E-state index contributed by atoms with van der Waals surface area (Å²) in [5, 5.41) is 3.08. The Hall–Kier alpha value is -2.17. The van der Waals surface area contributed by atoms with Crippen LogP contribution in [0.1, 0.15) is 23.9 Å². The van der Waals surface area contributed by atoms with Crippen LogP contribution in [0.25, 0.3) is 0 Å². The number of nitrogens with zero attached hydrogens (tertiary/aromatic N) is 2. The molecule has 0 bridgehead atoms. The number of rotatable bonds is 3. The molecule has 4 nitrogen and oxygen atoms in total. The summed E-state index contributed by atoms with van der Waals surface area (Å²) in [6.45, 7) is 5.52. The van der Waals surface area contributed by atoms with Crippen molar-refractivity contribution < 1.29 is 4.39 Å². The smallest absolute Gasteiger partial charge is 0.139 e. The first-order valence-corrected chi connectivity index (χ1v) is 6.17. The second-order valence-electron chi connectivity index (χ2n) is 4.44. The Bertz CT molecular complexity index is 611. The Morgan fingerprint density at radius 1 is 1.26 bits per heavy atom. The Morgan fingerprint density at radius 2 is 2.00 bits per heavy atom. The standard InChI is InChI=1S/C14H17FN4/c1-4-12-18-13(16)9(3)14(19-12)17-10-6-5-8(2)11(15)7-10/h5-7H,4H2,1-3H3,(H3,16,17,18,19). The SMILES string of the molecule is CCc1nc(N)c(C)c(Nc2ccc(C)c(F)c2)n1. The summed E-state index contributed by atoms with van der Waals surface area (Å²) in [6.07, 6.45) is 0.696. The maximum absolute atomic E-state index is 13.5. The summed E-state index contributed by atoms with van der Waals surface area (Å²) in [5.41, 5.74) is 7.86. The lowest BCUT2D eigenvalue weighted by Gasteiger charge is -2.12. The van der Waals surface area contributed by atoms with Gasteiger partial charge >= 0.3 is 0 Å². The zero-order chi connectivity index (χ0) is 14.0. The average molecular weight is 260 g/mol. The zero-order valence-corrected chi connectivity index (χ0v) is 11.3. The average Bonchev–Trinajstić information content (AvgIpc) is 2.39. The third-order valence-electron chi connectivity index (χ3n) is 2.98. The number of benzene rings is 1. The summed E-state index contributed by atoms with van der Waals surface area (Å²) in [7, 11) is 0. The van der Waals surface area contributed by atoms with E-state index in [1.165, 1.54) is 6.07 Å². The van der Waals surface area contributed by atoms with Crippen LogP contribution in [0.5, 0.6) is 0 Å². The normalized spacial score (nSPS) is 10.5. The molecule has 100 valence electrons. The van der Waals surface area contributed by atoms with Crippen LogP contribution in [0, 0.1) is 19.7 Å². The highest BCUT2D eigenvalue weighted by atomic mass is 19.1. The molecule has 0 aliphatic carbocycles. The maximum Gasteiger partial charge on any atom is 0.139 e. The van der Waals surface area contributed by atoms with Crippen LogP contribution in [0.15, 0.2) is 18.2 Å². The van der Waals surface area contributed by atoms with E-state index in [1.807, 2.05) is 19.9 Å². The molecule has 1 aromatic carbocycles. The molecule has 0 spiro atoms. The molecule has 5 heteroatoms. The van der Waals surface area contributed by atoms with Crippen LogP contribution in [0.2, 0.25) is 0 Å².